The Balaban J connectivity index is 3.20. The summed E-state index contributed by atoms with van der Waals surface area (Å²) in [6.45, 7) is 13.1. The van der Waals surface area contributed by atoms with Crippen molar-refractivity contribution in [2.75, 3.05) is 33.8 Å². The molecule has 1 aliphatic heterocycles. The van der Waals surface area contributed by atoms with Crippen LogP contribution >= 0.6 is 15.6 Å². The third kappa shape index (κ3) is 16.6. The molecule has 0 aromatic heterocycles. The first-order valence-electron chi connectivity index (χ1n) is 16.5. The highest BCUT2D eigenvalue weighted by molar-refractivity contribution is 7.48. The van der Waals surface area contributed by atoms with Crippen molar-refractivity contribution in [2.24, 2.45) is 21.7 Å². The second kappa shape index (κ2) is 19.9. The van der Waals surface area contributed by atoms with E-state index in [9.17, 15) is 48.7 Å². The van der Waals surface area contributed by atoms with Crippen molar-refractivity contribution in [3.63, 3.8) is 0 Å². The van der Waals surface area contributed by atoms with Crippen LogP contribution in [-0.4, -0.2) is 115 Å². The Morgan fingerprint density at radius 3 is 1.17 bits per heavy atom. The fourth-order valence-electron chi connectivity index (χ4n) is 3.32. The zero-order chi connectivity index (χ0) is 42.1. The molecule has 0 aliphatic carbocycles. The Morgan fingerprint density at radius 1 is 0.537 bits per heavy atom. The summed E-state index contributed by atoms with van der Waals surface area (Å²) < 4.78 is 82.5. The highest BCUT2D eigenvalue weighted by Gasteiger charge is 2.50. The molecule has 0 unspecified atom stereocenters. The molecule has 54 heavy (non-hydrogen) atoms. The lowest BCUT2D eigenvalue weighted by Crippen LogP contribution is -2.61. The number of phosphoric ester groups is 2. The van der Waals surface area contributed by atoms with Crippen molar-refractivity contribution in [2.45, 2.75) is 120 Å². The number of rotatable bonds is 18. The summed E-state index contributed by atoms with van der Waals surface area (Å²) in [6, 6.07) is 0. The van der Waals surface area contributed by atoms with E-state index in [1.165, 1.54) is 83.1 Å². The number of carbonyl (C=O) groups is 4. The Kier molecular flexibility index (Phi) is 18.4. The van der Waals surface area contributed by atoms with Gasteiger partial charge in [-0.3, -0.25) is 28.2 Å². The van der Waals surface area contributed by atoms with Crippen molar-refractivity contribution in [1.82, 2.24) is 0 Å². The van der Waals surface area contributed by atoms with Crippen LogP contribution in [0, 0.1) is 21.7 Å². The third-order valence-electron chi connectivity index (χ3n) is 6.68. The van der Waals surface area contributed by atoms with Gasteiger partial charge in [0.2, 0.25) is 27.2 Å². The van der Waals surface area contributed by atoms with E-state index >= 15 is 0 Å². The second-order valence-corrected chi connectivity index (χ2v) is 19.3. The lowest BCUT2D eigenvalue weighted by Gasteiger charge is -2.42. The summed E-state index contributed by atoms with van der Waals surface area (Å²) in [4.78, 5) is 48.7. The quantitative estimate of drug-likeness (QED) is 0.0668. The van der Waals surface area contributed by atoms with Crippen molar-refractivity contribution < 1.29 is 99.6 Å². The molecule has 23 heteroatoms. The molecule has 0 aromatic carbocycles. The fourth-order valence-corrected chi connectivity index (χ4v) is 5.23. The topological polar surface area (TPSA) is 285 Å². The predicted molar refractivity (Wildman–Crippen MR) is 181 cm³/mol. The van der Waals surface area contributed by atoms with Crippen molar-refractivity contribution in [3.05, 3.63) is 0 Å². The average molecular weight is 827 g/mol. The Morgan fingerprint density at radius 2 is 0.852 bits per heavy atom. The molecule has 0 radical (unpaired) electrons. The van der Waals surface area contributed by atoms with E-state index in [1.807, 2.05) is 0 Å². The average Bonchev–Trinajstić information content (AvgIpc) is 3.02. The van der Waals surface area contributed by atoms with Gasteiger partial charge in [0.15, 0.2) is 6.29 Å². The number of hydrogen-bond donors (Lipinski definition) is 4. The summed E-state index contributed by atoms with van der Waals surface area (Å²) in [5.41, 5.74) is -4.00. The standard InChI is InChI=1S/C31H56O21P2/c1-28(2,3)24(36)42-14-47-53(40,48-15-43-25(37)29(4,5)6)46-13-18(32)22-20(34)19(33)21(35)23(51-22)52-54(41,49-16-44-26(38)30(7,8)9)50-17-45-27(39)31(10,11)12/h18-23,32-35H,13-17H2,1-12H3/t18-,19+,20+,21+,22-,23-/m1/s1. The monoisotopic (exact) mass is 826 g/mol. The Bertz CT molecular complexity index is 1290. The molecule has 0 bridgehead atoms. The number of carbonyl (C=O) groups excluding carboxylic acids is 4. The minimum Gasteiger partial charge on any atom is -0.437 e. The highest BCUT2D eigenvalue weighted by atomic mass is 31.2. The van der Waals surface area contributed by atoms with E-state index in [0.29, 0.717) is 0 Å². The summed E-state index contributed by atoms with van der Waals surface area (Å²) in [5, 5.41) is 42.8. The minimum atomic E-state index is -5.07. The van der Waals surface area contributed by atoms with Crippen LogP contribution in [0.4, 0.5) is 0 Å². The van der Waals surface area contributed by atoms with E-state index in [4.69, 9.17) is 50.8 Å². The molecule has 6 atom stereocenters. The van der Waals surface area contributed by atoms with Gasteiger partial charge in [-0.15, -0.1) is 0 Å². The van der Waals surface area contributed by atoms with Crippen LogP contribution in [0.2, 0.25) is 0 Å². The summed E-state index contributed by atoms with van der Waals surface area (Å²) >= 11 is 0. The minimum absolute atomic E-state index is 0.768. The summed E-state index contributed by atoms with van der Waals surface area (Å²) in [5.74, 6) is -3.13. The Hall–Kier alpha value is -2.10. The molecular formula is C31H56O21P2. The van der Waals surface area contributed by atoms with Crippen molar-refractivity contribution in [1.29, 1.82) is 0 Å². The molecule has 0 amide bonds. The predicted octanol–water partition coefficient (Wildman–Crippen LogP) is 2.66. The Labute approximate surface area is 314 Å². The lowest BCUT2D eigenvalue weighted by atomic mass is 9.96. The van der Waals surface area contributed by atoms with Gasteiger partial charge in [-0.1, -0.05) is 0 Å². The smallest absolute Gasteiger partial charge is 0.437 e. The molecule has 0 spiro atoms. The molecule has 1 fully saturated rings. The lowest BCUT2D eigenvalue weighted by molar-refractivity contribution is -0.294. The first-order valence-corrected chi connectivity index (χ1v) is 19.4. The maximum atomic E-state index is 13.6. The molecule has 4 N–H and O–H groups in total. The van der Waals surface area contributed by atoms with Crippen LogP contribution in [0.25, 0.3) is 0 Å². The number of aliphatic hydroxyl groups excluding tert-OH is 4. The zero-order valence-electron chi connectivity index (χ0n) is 32.6. The molecule has 21 nitrogen and oxygen atoms in total. The molecule has 1 heterocycles. The summed E-state index contributed by atoms with van der Waals surface area (Å²) in [6.07, 6.45) is -12.8. The maximum absolute atomic E-state index is 13.6. The van der Waals surface area contributed by atoms with Crippen LogP contribution < -0.4 is 0 Å². The van der Waals surface area contributed by atoms with Gasteiger partial charge in [-0.25, -0.2) is 27.2 Å². The van der Waals surface area contributed by atoms with E-state index in [2.05, 4.69) is 0 Å². The highest BCUT2D eigenvalue weighted by Crippen LogP contribution is 2.53. The van der Waals surface area contributed by atoms with Crippen LogP contribution in [0.15, 0.2) is 0 Å². The molecular weight excluding hydrogens is 770 g/mol. The van der Waals surface area contributed by atoms with Crippen molar-refractivity contribution in [3.8, 4) is 0 Å². The molecule has 1 rings (SSSR count). The maximum Gasteiger partial charge on any atom is 0.483 e. The first-order chi connectivity index (χ1) is 24.3. The number of hydrogen-bond acceptors (Lipinski definition) is 21. The SMILES string of the molecule is CC(C)(C)C(=O)OCOP(=O)(OCOC(=O)C(C)(C)C)OC[C@@H](O)[C@H]1O[C@H](OP(=O)(OCOC(=O)C(C)(C)C)OCOC(=O)C(C)(C)C)[C@@H](O)[C@@H](O)[C@@H]1O. The number of ether oxygens (including phenoxy) is 5. The van der Waals surface area contributed by atoms with E-state index in [0.717, 1.165) is 0 Å². The van der Waals surface area contributed by atoms with Gasteiger partial charge < -0.3 is 44.1 Å². The third-order valence-corrected chi connectivity index (χ3v) is 9.29. The molecule has 0 aromatic rings. The number of phosphoric acid groups is 2. The summed E-state index contributed by atoms with van der Waals surface area (Å²) in [7, 11) is -9.93. The second-order valence-electron chi connectivity index (χ2n) is 16.0. The van der Waals surface area contributed by atoms with Crippen molar-refractivity contribution >= 4 is 39.5 Å². The number of aliphatic hydroxyl groups is 4. The fraction of sp³-hybridized carbons (Fsp3) is 0.871. The molecule has 0 saturated carbocycles. The van der Waals surface area contributed by atoms with Gasteiger partial charge in [-0.2, -0.15) is 0 Å². The first kappa shape index (κ1) is 49.9. The number of esters is 4. The van der Waals surface area contributed by atoms with Gasteiger partial charge in [0.25, 0.3) is 0 Å². The van der Waals surface area contributed by atoms with Crippen LogP contribution in [-0.2, 0) is 79.1 Å². The van der Waals surface area contributed by atoms with Gasteiger partial charge in [-0.05, 0) is 83.1 Å². The van der Waals surface area contributed by atoms with Gasteiger partial charge in [0.1, 0.15) is 30.5 Å². The van der Waals surface area contributed by atoms with Gasteiger partial charge in [0.05, 0.1) is 28.3 Å². The molecule has 1 saturated heterocycles. The van der Waals surface area contributed by atoms with Crippen LogP contribution in [0.5, 0.6) is 0 Å². The van der Waals surface area contributed by atoms with E-state index < -0.39 is 132 Å². The van der Waals surface area contributed by atoms with Crippen LogP contribution in [0.3, 0.4) is 0 Å². The van der Waals surface area contributed by atoms with Crippen LogP contribution in [0.1, 0.15) is 83.1 Å². The normalized spacial score (nSPS) is 22.3. The van der Waals surface area contributed by atoms with Gasteiger partial charge in [0, 0.05) is 0 Å². The van der Waals surface area contributed by atoms with Gasteiger partial charge >= 0.3 is 39.5 Å². The largest absolute Gasteiger partial charge is 0.483 e. The zero-order valence-corrected chi connectivity index (χ0v) is 34.4. The van der Waals surface area contributed by atoms with E-state index in [1.54, 1.807) is 0 Å². The van der Waals surface area contributed by atoms with E-state index in [-0.39, 0.29) is 0 Å². The molecule has 1 aliphatic rings. The molecule has 316 valence electrons.